The van der Waals surface area contributed by atoms with Gasteiger partial charge in [-0.25, -0.2) is 0 Å². The van der Waals surface area contributed by atoms with Gasteiger partial charge in [0.25, 0.3) is 5.91 Å². The van der Waals surface area contributed by atoms with E-state index in [1.54, 1.807) is 0 Å². The lowest BCUT2D eigenvalue weighted by molar-refractivity contribution is -0.127. The van der Waals surface area contributed by atoms with Gasteiger partial charge in [-0.15, -0.1) is 0 Å². The van der Waals surface area contributed by atoms with Gasteiger partial charge in [0.05, 0.1) is 12.6 Å². The summed E-state index contributed by atoms with van der Waals surface area (Å²) in [5.41, 5.74) is 6.01. The van der Waals surface area contributed by atoms with E-state index >= 15 is 0 Å². The van der Waals surface area contributed by atoms with E-state index in [0.717, 1.165) is 38.0 Å². The van der Waals surface area contributed by atoms with E-state index in [-0.39, 0.29) is 11.9 Å². The number of carbonyl (C=O) groups excluding carboxylic acids is 1. The standard InChI is InChI=1S/C20H25N3O/c1-4-23(5-2)20(24)16-10-15-12(3)14-8-17(16)21-7-6-13-11-22-18(9-14)19(13)15/h6-7,10,12,14,17H,4-5,8-9,11H2,1-3H3/t12?,14-,17+/m1/s1. The number of rotatable bonds is 3. The smallest absolute Gasteiger partial charge is 0.251 e. The van der Waals surface area contributed by atoms with E-state index in [2.05, 4.69) is 19.1 Å². The maximum Gasteiger partial charge on any atom is 0.251 e. The third-order valence-corrected chi connectivity index (χ3v) is 6.03. The molecule has 2 aliphatic heterocycles. The summed E-state index contributed by atoms with van der Waals surface area (Å²) >= 11 is 0. The Kier molecular flexibility index (Phi) is 3.78. The average molecular weight is 323 g/mol. The predicted octanol–water partition coefficient (Wildman–Crippen LogP) is 2.97. The third-order valence-electron chi connectivity index (χ3n) is 6.03. The van der Waals surface area contributed by atoms with Crippen LogP contribution < -0.4 is 0 Å². The minimum atomic E-state index is -0.0302. The maximum atomic E-state index is 13.1. The van der Waals surface area contributed by atoms with Crippen LogP contribution in [-0.2, 0) is 4.79 Å². The highest BCUT2D eigenvalue weighted by Gasteiger charge is 2.40. The minimum absolute atomic E-state index is 0.0302. The Morgan fingerprint density at radius 2 is 2.12 bits per heavy atom. The van der Waals surface area contributed by atoms with Crippen molar-refractivity contribution in [1.29, 1.82) is 0 Å². The van der Waals surface area contributed by atoms with Gasteiger partial charge in [0.2, 0.25) is 0 Å². The van der Waals surface area contributed by atoms with Crippen LogP contribution in [-0.4, -0.2) is 48.4 Å². The van der Waals surface area contributed by atoms with Gasteiger partial charge in [0.15, 0.2) is 0 Å². The van der Waals surface area contributed by atoms with E-state index in [1.165, 1.54) is 22.4 Å². The Balaban J connectivity index is 1.90. The van der Waals surface area contributed by atoms with Crippen LogP contribution in [0.4, 0.5) is 0 Å². The van der Waals surface area contributed by atoms with Gasteiger partial charge in [0.1, 0.15) is 0 Å². The third kappa shape index (κ3) is 2.23. The number of aliphatic imine (C=N–C) groups is 2. The molecule has 0 spiro atoms. The molecule has 4 aliphatic rings. The molecule has 4 nitrogen and oxygen atoms in total. The number of fused-ring (bicyclic) bond motifs is 2. The zero-order valence-corrected chi connectivity index (χ0v) is 14.7. The molecule has 0 saturated carbocycles. The minimum Gasteiger partial charge on any atom is -0.339 e. The van der Waals surface area contributed by atoms with Crippen LogP contribution in [0.2, 0.25) is 0 Å². The molecule has 0 aromatic heterocycles. The highest BCUT2D eigenvalue weighted by atomic mass is 16.2. The lowest BCUT2D eigenvalue weighted by atomic mass is 9.73. The summed E-state index contributed by atoms with van der Waals surface area (Å²) in [4.78, 5) is 24.6. The van der Waals surface area contributed by atoms with Crippen molar-refractivity contribution in [2.24, 2.45) is 21.8 Å². The number of carbonyl (C=O) groups is 1. The number of allylic oxidation sites excluding steroid dienone is 3. The van der Waals surface area contributed by atoms with E-state index in [9.17, 15) is 4.79 Å². The first kappa shape index (κ1) is 15.6. The molecular weight excluding hydrogens is 298 g/mol. The first-order chi connectivity index (χ1) is 11.6. The molecule has 24 heavy (non-hydrogen) atoms. The van der Waals surface area contributed by atoms with Crippen molar-refractivity contribution in [3.8, 4) is 0 Å². The second kappa shape index (κ2) is 5.83. The molecule has 1 amide bonds. The summed E-state index contributed by atoms with van der Waals surface area (Å²) < 4.78 is 0. The van der Waals surface area contributed by atoms with Gasteiger partial charge in [-0.3, -0.25) is 14.8 Å². The van der Waals surface area contributed by atoms with Gasteiger partial charge in [0, 0.05) is 36.2 Å². The molecule has 0 N–H and O–H groups in total. The molecule has 0 radical (unpaired) electrons. The summed E-state index contributed by atoms with van der Waals surface area (Å²) in [6, 6.07) is -0.0302. The molecule has 1 unspecified atom stereocenters. The largest absolute Gasteiger partial charge is 0.339 e. The van der Waals surface area contributed by atoms with Crippen LogP contribution >= 0.6 is 0 Å². The molecule has 0 fully saturated rings. The van der Waals surface area contributed by atoms with Crippen molar-refractivity contribution in [1.82, 2.24) is 4.90 Å². The summed E-state index contributed by atoms with van der Waals surface area (Å²) in [6.07, 6.45) is 8.15. The van der Waals surface area contributed by atoms with Crippen LogP contribution in [0.25, 0.3) is 0 Å². The monoisotopic (exact) mass is 323 g/mol. The average Bonchev–Trinajstić information content (AvgIpc) is 2.95. The molecule has 0 saturated heterocycles. The van der Waals surface area contributed by atoms with Crippen molar-refractivity contribution < 1.29 is 4.79 Å². The number of nitrogens with zero attached hydrogens (tertiary/aromatic N) is 3. The van der Waals surface area contributed by atoms with Crippen molar-refractivity contribution in [2.45, 2.75) is 39.7 Å². The van der Waals surface area contributed by atoms with Gasteiger partial charge >= 0.3 is 0 Å². The second-order valence-corrected chi connectivity index (χ2v) is 7.16. The first-order valence-corrected chi connectivity index (χ1v) is 9.15. The van der Waals surface area contributed by atoms with E-state index in [0.29, 0.717) is 11.8 Å². The molecule has 2 heterocycles. The number of likely N-dealkylation sites (N-methyl/N-ethyl adjacent to an activating group) is 1. The molecule has 0 aromatic rings. The summed E-state index contributed by atoms with van der Waals surface area (Å²) in [5.74, 6) is 1.15. The Morgan fingerprint density at radius 3 is 2.88 bits per heavy atom. The Bertz CT molecular complexity index is 734. The summed E-state index contributed by atoms with van der Waals surface area (Å²) in [5, 5.41) is 0. The predicted molar refractivity (Wildman–Crippen MR) is 97.6 cm³/mol. The molecule has 3 atom stereocenters. The van der Waals surface area contributed by atoms with Crippen LogP contribution in [0.1, 0.15) is 33.6 Å². The molecule has 0 aromatic carbocycles. The Morgan fingerprint density at radius 1 is 1.33 bits per heavy atom. The van der Waals surface area contributed by atoms with Gasteiger partial charge in [-0.1, -0.05) is 6.92 Å². The molecule has 4 heteroatoms. The fourth-order valence-electron chi connectivity index (χ4n) is 4.53. The number of hydrogen-bond donors (Lipinski definition) is 0. The van der Waals surface area contributed by atoms with E-state index in [1.807, 2.05) is 25.0 Å². The van der Waals surface area contributed by atoms with Crippen molar-refractivity contribution in [3.63, 3.8) is 0 Å². The van der Waals surface area contributed by atoms with Crippen molar-refractivity contribution in [2.75, 3.05) is 19.6 Å². The van der Waals surface area contributed by atoms with E-state index in [4.69, 9.17) is 9.98 Å². The highest BCUT2D eigenvalue weighted by Crippen LogP contribution is 2.45. The zero-order chi connectivity index (χ0) is 16.8. The molecule has 2 aliphatic carbocycles. The normalized spacial score (nSPS) is 30.3. The van der Waals surface area contributed by atoms with Crippen LogP contribution in [0.3, 0.4) is 0 Å². The summed E-state index contributed by atoms with van der Waals surface area (Å²) in [6.45, 7) is 8.63. The van der Waals surface area contributed by atoms with Crippen LogP contribution in [0.5, 0.6) is 0 Å². The first-order valence-electron chi connectivity index (χ1n) is 9.15. The fraction of sp³-hybridized carbons (Fsp3) is 0.550. The number of hydrogen-bond acceptors (Lipinski definition) is 3. The SMILES string of the molecule is CCN(CC)C(=O)C1=CC2=C3C4=CC=N[C@H]1C[C@H](CC3=NC4)C2C. The van der Waals surface area contributed by atoms with Gasteiger partial charge in [-0.05, 0) is 61.8 Å². The molecule has 126 valence electrons. The second-order valence-electron chi connectivity index (χ2n) is 7.16. The highest BCUT2D eigenvalue weighted by molar-refractivity contribution is 6.10. The van der Waals surface area contributed by atoms with Crippen molar-refractivity contribution >= 4 is 17.8 Å². The van der Waals surface area contributed by atoms with Crippen LogP contribution in [0.15, 0.2) is 44.4 Å². The van der Waals surface area contributed by atoms with Gasteiger partial charge < -0.3 is 4.90 Å². The lowest BCUT2D eigenvalue weighted by Gasteiger charge is -2.31. The van der Waals surface area contributed by atoms with Crippen LogP contribution in [0, 0.1) is 11.8 Å². The quantitative estimate of drug-likeness (QED) is 0.787. The molecule has 4 rings (SSSR count). The van der Waals surface area contributed by atoms with E-state index < -0.39 is 0 Å². The Labute approximate surface area is 143 Å². The molecular formula is C20H25N3O. The lowest BCUT2D eigenvalue weighted by Crippen LogP contribution is -2.35. The van der Waals surface area contributed by atoms with Gasteiger partial charge in [-0.2, -0.15) is 0 Å². The van der Waals surface area contributed by atoms with Crippen molar-refractivity contribution in [3.05, 3.63) is 34.4 Å². The fourth-order valence-corrected chi connectivity index (χ4v) is 4.53. The maximum absolute atomic E-state index is 13.1. The zero-order valence-electron chi connectivity index (χ0n) is 14.7. The molecule has 3 bridgehead atoms. The summed E-state index contributed by atoms with van der Waals surface area (Å²) in [7, 11) is 0. The topological polar surface area (TPSA) is 45.0 Å². The number of amides is 1. The Hall–Kier alpha value is -1.97.